The first-order valence-electron chi connectivity index (χ1n) is 6.31. The van der Waals surface area contributed by atoms with E-state index in [0.717, 1.165) is 19.3 Å². The van der Waals surface area contributed by atoms with Gasteiger partial charge in [-0.05, 0) is 18.4 Å². The molecule has 0 radical (unpaired) electrons. The first-order chi connectivity index (χ1) is 8.22. The van der Waals surface area contributed by atoms with Crippen molar-refractivity contribution >= 4 is 5.91 Å². The van der Waals surface area contributed by atoms with E-state index in [-0.39, 0.29) is 17.4 Å². The second-order valence-electron chi connectivity index (χ2n) is 5.29. The minimum absolute atomic E-state index is 0.0347. The average Bonchev–Trinajstić information content (AvgIpc) is 2.51. The summed E-state index contributed by atoms with van der Waals surface area (Å²) in [6, 6.07) is 10.2. The van der Waals surface area contributed by atoms with Crippen molar-refractivity contribution in [2.24, 2.45) is 11.1 Å². The van der Waals surface area contributed by atoms with Gasteiger partial charge >= 0.3 is 0 Å². The number of nitrogens with zero attached hydrogens (tertiary/aromatic N) is 1. The number of hydrogen-bond acceptors (Lipinski definition) is 2. The molecule has 1 aromatic rings. The van der Waals surface area contributed by atoms with E-state index in [1.165, 1.54) is 5.56 Å². The lowest BCUT2D eigenvalue weighted by Gasteiger charge is -2.39. The van der Waals surface area contributed by atoms with E-state index in [1.807, 2.05) is 23.1 Å². The van der Waals surface area contributed by atoms with Gasteiger partial charge in [0, 0.05) is 19.1 Å². The van der Waals surface area contributed by atoms with E-state index in [2.05, 4.69) is 12.1 Å². The molecule has 0 bridgehead atoms. The lowest BCUT2D eigenvalue weighted by atomic mass is 9.65. The maximum atomic E-state index is 12.4. The predicted octanol–water partition coefficient (Wildman–Crippen LogP) is 1.53. The summed E-state index contributed by atoms with van der Waals surface area (Å²) in [4.78, 5) is 14.3. The average molecular weight is 230 g/mol. The number of carbonyl (C=O) groups is 1. The van der Waals surface area contributed by atoms with Crippen molar-refractivity contribution in [1.29, 1.82) is 0 Å². The van der Waals surface area contributed by atoms with Crippen molar-refractivity contribution in [3.05, 3.63) is 35.9 Å². The number of carbonyl (C=O) groups excluding carboxylic acids is 1. The van der Waals surface area contributed by atoms with Crippen molar-refractivity contribution in [3.8, 4) is 0 Å². The molecule has 1 atom stereocenters. The molecule has 1 aliphatic carbocycles. The molecule has 2 N–H and O–H groups in total. The normalized spacial score (nSPS) is 26.3. The summed E-state index contributed by atoms with van der Waals surface area (Å²) in [6.45, 7) is 1.42. The molecule has 1 amide bonds. The number of likely N-dealkylation sites (tertiary alicyclic amines) is 1. The van der Waals surface area contributed by atoms with Crippen molar-refractivity contribution in [3.63, 3.8) is 0 Å². The van der Waals surface area contributed by atoms with E-state index in [1.54, 1.807) is 0 Å². The SMILES string of the molecule is N[C@@H]1CN(Cc2ccccc2)C(=O)C12CCC2. The molecule has 3 nitrogen and oxygen atoms in total. The lowest BCUT2D eigenvalue weighted by Crippen LogP contribution is -2.48. The Bertz CT molecular complexity index is 425. The number of nitrogens with two attached hydrogens (primary N) is 1. The summed E-state index contributed by atoms with van der Waals surface area (Å²) in [7, 11) is 0. The fourth-order valence-corrected chi connectivity index (χ4v) is 3.05. The third-order valence-corrected chi connectivity index (χ3v) is 4.30. The van der Waals surface area contributed by atoms with Crippen molar-refractivity contribution in [2.75, 3.05) is 6.54 Å². The molecule has 1 saturated carbocycles. The highest BCUT2D eigenvalue weighted by atomic mass is 16.2. The van der Waals surface area contributed by atoms with Crippen LogP contribution in [0.25, 0.3) is 0 Å². The zero-order valence-corrected chi connectivity index (χ0v) is 9.93. The quantitative estimate of drug-likeness (QED) is 0.837. The Morgan fingerprint density at radius 3 is 2.53 bits per heavy atom. The van der Waals surface area contributed by atoms with Gasteiger partial charge in [-0.2, -0.15) is 0 Å². The van der Waals surface area contributed by atoms with Crippen molar-refractivity contribution in [2.45, 2.75) is 31.8 Å². The maximum Gasteiger partial charge on any atom is 0.230 e. The Morgan fingerprint density at radius 1 is 1.29 bits per heavy atom. The molecule has 0 unspecified atom stereocenters. The van der Waals surface area contributed by atoms with Crippen LogP contribution in [-0.4, -0.2) is 23.4 Å². The third-order valence-electron chi connectivity index (χ3n) is 4.30. The molecule has 1 aromatic carbocycles. The Hall–Kier alpha value is -1.35. The maximum absolute atomic E-state index is 12.4. The van der Waals surface area contributed by atoms with Gasteiger partial charge in [0.2, 0.25) is 5.91 Å². The number of benzene rings is 1. The second-order valence-corrected chi connectivity index (χ2v) is 5.29. The number of hydrogen-bond donors (Lipinski definition) is 1. The molecule has 1 saturated heterocycles. The fraction of sp³-hybridized carbons (Fsp3) is 0.500. The molecule has 3 rings (SSSR count). The van der Waals surface area contributed by atoms with Crippen LogP contribution in [0.15, 0.2) is 30.3 Å². The molecule has 17 heavy (non-hydrogen) atoms. The second kappa shape index (κ2) is 3.84. The van der Waals surface area contributed by atoms with Gasteiger partial charge in [0.1, 0.15) is 0 Å². The van der Waals surface area contributed by atoms with Crippen molar-refractivity contribution < 1.29 is 4.79 Å². The van der Waals surface area contributed by atoms with Gasteiger partial charge in [0.25, 0.3) is 0 Å². The van der Waals surface area contributed by atoms with Crippen LogP contribution in [0.2, 0.25) is 0 Å². The van der Waals surface area contributed by atoms with Crippen LogP contribution in [0.5, 0.6) is 0 Å². The number of rotatable bonds is 2. The summed E-state index contributed by atoms with van der Waals surface area (Å²) in [6.07, 6.45) is 3.12. The molecule has 90 valence electrons. The highest BCUT2D eigenvalue weighted by Crippen LogP contribution is 2.48. The molecule has 2 fully saturated rings. The molecule has 2 aliphatic rings. The van der Waals surface area contributed by atoms with Gasteiger partial charge in [0.05, 0.1) is 5.41 Å². The molecule has 1 spiro atoms. The summed E-state index contributed by atoms with van der Waals surface area (Å²) >= 11 is 0. The fourth-order valence-electron chi connectivity index (χ4n) is 3.05. The Morgan fingerprint density at radius 2 is 2.00 bits per heavy atom. The van der Waals surface area contributed by atoms with Crippen LogP contribution in [-0.2, 0) is 11.3 Å². The zero-order valence-electron chi connectivity index (χ0n) is 9.93. The largest absolute Gasteiger partial charge is 0.336 e. The van der Waals surface area contributed by atoms with Gasteiger partial charge in [0.15, 0.2) is 0 Å². The van der Waals surface area contributed by atoms with E-state index in [0.29, 0.717) is 13.1 Å². The minimum Gasteiger partial charge on any atom is -0.336 e. The van der Waals surface area contributed by atoms with E-state index < -0.39 is 0 Å². The Balaban J connectivity index is 1.76. The predicted molar refractivity (Wildman–Crippen MR) is 66.1 cm³/mol. The van der Waals surface area contributed by atoms with Crippen LogP contribution < -0.4 is 5.73 Å². The van der Waals surface area contributed by atoms with Gasteiger partial charge in [-0.15, -0.1) is 0 Å². The summed E-state index contributed by atoms with van der Waals surface area (Å²) < 4.78 is 0. The zero-order chi connectivity index (χ0) is 11.9. The van der Waals surface area contributed by atoms with E-state index >= 15 is 0 Å². The van der Waals surface area contributed by atoms with E-state index in [9.17, 15) is 4.79 Å². The van der Waals surface area contributed by atoms with Crippen molar-refractivity contribution in [1.82, 2.24) is 4.90 Å². The Kier molecular flexibility index (Phi) is 2.44. The topological polar surface area (TPSA) is 46.3 Å². The first kappa shape index (κ1) is 10.8. The van der Waals surface area contributed by atoms with Gasteiger partial charge in [-0.25, -0.2) is 0 Å². The monoisotopic (exact) mass is 230 g/mol. The highest BCUT2D eigenvalue weighted by Gasteiger charge is 2.55. The first-order valence-corrected chi connectivity index (χ1v) is 6.31. The van der Waals surface area contributed by atoms with Gasteiger partial charge in [-0.3, -0.25) is 4.79 Å². The third kappa shape index (κ3) is 1.57. The highest BCUT2D eigenvalue weighted by molar-refractivity contribution is 5.87. The standard InChI is InChI=1S/C14H18N2O/c15-12-10-16(9-11-5-2-1-3-6-11)13(17)14(12)7-4-8-14/h1-3,5-6,12H,4,7-10,15H2/t12-/m1/s1. The summed E-state index contributed by atoms with van der Waals surface area (Å²) in [5.41, 5.74) is 7.13. The van der Waals surface area contributed by atoms with Gasteiger partial charge < -0.3 is 10.6 Å². The van der Waals surface area contributed by atoms with Crippen LogP contribution >= 0.6 is 0 Å². The van der Waals surface area contributed by atoms with E-state index in [4.69, 9.17) is 5.73 Å². The molecule has 1 aliphatic heterocycles. The summed E-state index contributed by atoms with van der Waals surface area (Å²) in [5.74, 6) is 0.278. The summed E-state index contributed by atoms with van der Waals surface area (Å²) in [5, 5.41) is 0. The van der Waals surface area contributed by atoms with Gasteiger partial charge in [-0.1, -0.05) is 36.8 Å². The molecule has 0 aromatic heterocycles. The smallest absolute Gasteiger partial charge is 0.230 e. The Labute approximate surface area is 102 Å². The van der Waals surface area contributed by atoms with Crippen LogP contribution in [0, 0.1) is 5.41 Å². The number of amides is 1. The molecular formula is C14H18N2O. The van der Waals surface area contributed by atoms with Crippen LogP contribution in [0.1, 0.15) is 24.8 Å². The van der Waals surface area contributed by atoms with Crippen LogP contribution in [0.4, 0.5) is 0 Å². The lowest BCUT2D eigenvalue weighted by molar-refractivity contribution is -0.140. The molecule has 1 heterocycles. The van der Waals surface area contributed by atoms with Crippen LogP contribution in [0.3, 0.4) is 0 Å². The minimum atomic E-state index is -0.200. The molecular weight excluding hydrogens is 212 g/mol. The molecule has 3 heteroatoms.